The van der Waals surface area contributed by atoms with Crippen LogP contribution >= 0.6 is 54.5 Å². The molecule has 0 aliphatic heterocycles. The van der Waals surface area contributed by atoms with Crippen LogP contribution in [0.4, 0.5) is 0 Å². The maximum absolute atomic E-state index is 9.54. The van der Waals surface area contributed by atoms with Crippen LogP contribution in [0.1, 0.15) is 25.0 Å². The lowest BCUT2D eigenvalue weighted by Gasteiger charge is -2.27. The fraction of sp³-hybridized carbons (Fsp3) is 0.429. The molecule has 0 aliphatic carbocycles. The molecule has 5 nitrogen and oxygen atoms in total. The van der Waals surface area contributed by atoms with E-state index < -0.39 is 12.2 Å². The number of alkyl halides is 1. The number of hydrogen-bond donors (Lipinski definition) is 3. The highest BCUT2D eigenvalue weighted by Gasteiger charge is 2.24. The highest BCUT2D eigenvalue weighted by molar-refractivity contribution is 9.10. The van der Waals surface area contributed by atoms with Crippen molar-refractivity contribution >= 4 is 54.5 Å². The Kier molecular flexibility index (Phi) is 13.4. The smallest absolute Gasteiger partial charge is 0.133 e. The van der Waals surface area contributed by atoms with Crippen molar-refractivity contribution in [2.24, 2.45) is 0 Å². The third-order valence-corrected chi connectivity index (χ3v) is 5.47. The quantitative estimate of drug-likeness (QED) is 0.400. The van der Waals surface area contributed by atoms with Gasteiger partial charge in [0.05, 0.1) is 17.0 Å². The first-order chi connectivity index (χ1) is 13.3. The normalized spacial score (nSPS) is 12.9. The molecule has 2 atom stereocenters. The molecule has 2 aromatic rings. The Bertz CT molecular complexity index is 762. The number of rotatable bonds is 10. The first-order valence-corrected chi connectivity index (χ1v) is 10.3. The summed E-state index contributed by atoms with van der Waals surface area (Å²) in [6.07, 6.45) is -1.59. The van der Waals surface area contributed by atoms with Gasteiger partial charge in [0, 0.05) is 5.41 Å². The van der Waals surface area contributed by atoms with Crippen LogP contribution in [0.15, 0.2) is 46.9 Å². The number of halogens is 2. The van der Waals surface area contributed by atoms with Gasteiger partial charge < -0.3 is 24.8 Å². The zero-order valence-electron chi connectivity index (χ0n) is 16.9. The fourth-order valence-electron chi connectivity index (χ4n) is 2.62. The minimum Gasteiger partial charge on any atom is -0.491 e. The van der Waals surface area contributed by atoms with Crippen LogP contribution < -0.4 is 9.47 Å². The second-order valence-corrected chi connectivity index (χ2v) is 8.22. The van der Waals surface area contributed by atoms with Crippen LogP contribution in [-0.4, -0.2) is 53.2 Å². The SMILES string of the molecule is CC(C)(c1ccc(OC[C@@H](O)CO)cc1)c1ccc(OC[C@H](O)CCl)c(Br)c1.S.S. The minimum atomic E-state index is -0.889. The zero-order chi connectivity index (χ0) is 20.7. The van der Waals surface area contributed by atoms with E-state index in [0.717, 1.165) is 15.6 Å². The summed E-state index contributed by atoms with van der Waals surface area (Å²) in [5.41, 5.74) is 1.93. The summed E-state index contributed by atoms with van der Waals surface area (Å²) in [5.74, 6) is 1.41. The van der Waals surface area contributed by atoms with E-state index in [0.29, 0.717) is 11.5 Å². The Labute approximate surface area is 205 Å². The van der Waals surface area contributed by atoms with Crippen molar-refractivity contribution in [1.29, 1.82) is 0 Å². The van der Waals surface area contributed by atoms with Crippen molar-refractivity contribution in [2.45, 2.75) is 31.5 Å². The highest BCUT2D eigenvalue weighted by atomic mass is 79.9. The largest absolute Gasteiger partial charge is 0.491 e. The Morgan fingerprint density at radius 2 is 1.50 bits per heavy atom. The topological polar surface area (TPSA) is 79.2 Å². The van der Waals surface area contributed by atoms with E-state index in [-0.39, 0.29) is 58.1 Å². The predicted octanol–water partition coefficient (Wildman–Crippen LogP) is 3.71. The van der Waals surface area contributed by atoms with Crippen molar-refractivity contribution in [1.82, 2.24) is 0 Å². The molecule has 0 unspecified atom stereocenters. The summed E-state index contributed by atoms with van der Waals surface area (Å²) in [6.45, 7) is 4.10. The minimum absolute atomic E-state index is 0. The molecule has 0 spiro atoms. The summed E-state index contributed by atoms with van der Waals surface area (Å²) in [5, 5.41) is 27.8. The van der Waals surface area contributed by atoms with Gasteiger partial charge >= 0.3 is 0 Å². The molecule has 170 valence electrons. The highest BCUT2D eigenvalue weighted by Crippen LogP contribution is 2.36. The average molecular weight is 542 g/mol. The van der Waals surface area contributed by atoms with Gasteiger partial charge in [0.2, 0.25) is 0 Å². The van der Waals surface area contributed by atoms with E-state index >= 15 is 0 Å². The molecule has 2 aromatic carbocycles. The number of hydrogen-bond acceptors (Lipinski definition) is 5. The van der Waals surface area contributed by atoms with Crippen molar-refractivity contribution < 1.29 is 24.8 Å². The molecule has 0 bridgehead atoms. The number of aliphatic hydroxyl groups is 3. The lowest BCUT2D eigenvalue weighted by molar-refractivity contribution is 0.0536. The van der Waals surface area contributed by atoms with Gasteiger partial charge in [-0.25, -0.2) is 0 Å². The summed E-state index contributed by atoms with van der Waals surface area (Å²) in [6, 6.07) is 13.5. The summed E-state index contributed by atoms with van der Waals surface area (Å²) >= 11 is 9.12. The third-order valence-electron chi connectivity index (χ3n) is 4.49. The Balaban J connectivity index is 0.00000420. The van der Waals surface area contributed by atoms with Crippen LogP contribution in [0.3, 0.4) is 0 Å². The third kappa shape index (κ3) is 8.15. The van der Waals surface area contributed by atoms with Gasteiger partial charge in [0.25, 0.3) is 0 Å². The summed E-state index contributed by atoms with van der Waals surface area (Å²) in [4.78, 5) is 0. The molecule has 3 N–H and O–H groups in total. The fourth-order valence-corrected chi connectivity index (χ4v) is 3.20. The molecule has 0 saturated heterocycles. The maximum atomic E-state index is 9.54. The number of ether oxygens (including phenoxy) is 2. The molecule has 0 radical (unpaired) electrons. The molecular formula is C21H30BrClO5S2. The second-order valence-electron chi connectivity index (χ2n) is 7.06. The molecule has 0 amide bonds. The van der Waals surface area contributed by atoms with Crippen molar-refractivity contribution in [3.05, 3.63) is 58.1 Å². The van der Waals surface area contributed by atoms with E-state index in [2.05, 4.69) is 29.8 Å². The van der Waals surface area contributed by atoms with Crippen LogP contribution in [-0.2, 0) is 5.41 Å². The van der Waals surface area contributed by atoms with Gasteiger partial charge in [-0.15, -0.1) is 11.6 Å². The molecular weight excluding hydrogens is 512 g/mol. The Morgan fingerprint density at radius 3 is 2.03 bits per heavy atom. The molecule has 2 rings (SSSR count). The number of benzene rings is 2. The maximum Gasteiger partial charge on any atom is 0.133 e. The molecule has 30 heavy (non-hydrogen) atoms. The molecule has 0 saturated carbocycles. The van der Waals surface area contributed by atoms with E-state index in [1.807, 2.05) is 42.5 Å². The molecule has 0 aliphatic rings. The molecule has 0 heterocycles. The predicted molar refractivity (Wildman–Crippen MR) is 134 cm³/mol. The monoisotopic (exact) mass is 540 g/mol. The van der Waals surface area contributed by atoms with Crippen molar-refractivity contribution in [3.8, 4) is 11.5 Å². The van der Waals surface area contributed by atoms with Gasteiger partial charge in [0.15, 0.2) is 0 Å². The number of aliphatic hydroxyl groups excluding tert-OH is 3. The van der Waals surface area contributed by atoms with Gasteiger partial charge in [-0.2, -0.15) is 27.0 Å². The lowest BCUT2D eigenvalue weighted by Crippen LogP contribution is -2.21. The van der Waals surface area contributed by atoms with Crippen LogP contribution in [0, 0.1) is 0 Å². The first-order valence-electron chi connectivity index (χ1n) is 8.97. The standard InChI is InChI=1S/C21H26BrClO5.2H2S/c1-21(2,14-3-6-18(7-4-14)27-13-17(26)11-24)15-5-8-20(19(22)9-15)28-12-16(25)10-23;;/h3-9,16-17,24-26H,10-13H2,1-2H3;2*1H2/t16-,17+;;/m1../s1. The van der Waals surface area contributed by atoms with E-state index in [9.17, 15) is 10.2 Å². The van der Waals surface area contributed by atoms with Crippen molar-refractivity contribution in [2.75, 3.05) is 25.7 Å². The molecule has 0 fully saturated rings. The second kappa shape index (κ2) is 13.7. The molecule has 0 aromatic heterocycles. The molecule has 9 heteroatoms. The van der Waals surface area contributed by atoms with Crippen LogP contribution in [0.5, 0.6) is 11.5 Å². The van der Waals surface area contributed by atoms with E-state index in [4.69, 9.17) is 26.2 Å². The van der Waals surface area contributed by atoms with Crippen LogP contribution in [0.25, 0.3) is 0 Å². The average Bonchev–Trinajstić information content (AvgIpc) is 2.70. The van der Waals surface area contributed by atoms with E-state index in [1.54, 1.807) is 0 Å². The van der Waals surface area contributed by atoms with Crippen LogP contribution in [0.2, 0.25) is 0 Å². The Hall–Kier alpha value is -0.610. The lowest BCUT2D eigenvalue weighted by atomic mass is 9.78. The van der Waals surface area contributed by atoms with Crippen molar-refractivity contribution in [3.63, 3.8) is 0 Å². The zero-order valence-corrected chi connectivity index (χ0v) is 21.3. The van der Waals surface area contributed by atoms with E-state index in [1.165, 1.54) is 0 Å². The Morgan fingerprint density at radius 1 is 0.933 bits per heavy atom. The van der Waals surface area contributed by atoms with Gasteiger partial charge in [-0.3, -0.25) is 0 Å². The summed E-state index contributed by atoms with van der Waals surface area (Å²) in [7, 11) is 0. The van der Waals surface area contributed by atoms with Gasteiger partial charge in [-0.05, 0) is 51.3 Å². The summed E-state index contributed by atoms with van der Waals surface area (Å²) < 4.78 is 11.9. The van der Waals surface area contributed by atoms with Gasteiger partial charge in [-0.1, -0.05) is 32.0 Å². The first kappa shape index (κ1) is 29.4. The van der Waals surface area contributed by atoms with Gasteiger partial charge in [0.1, 0.15) is 36.9 Å².